The molecule has 1 unspecified atom stereocenters. The number of nitrogens with zero attached hydrogens (tertiary/aromatic N) is 3. The van der Waals surface area contributed by atoms with E-state index in [1.807, 2.05) is 0 Å². The summed E-state index contributed by atoms with van der Waals surface area (Å²) in [6.07, 6.45) is 5.77. The summed E-state index contributed by atoms with van der Waals surface area (Å²) in [6.45, 7) is 3.41. The van der Waals surface area contributed by atoms with Crippen molar-refractivity contribution >= 4 is 11.9 Å². The van der Waals surface area contributed by atoms with E-state index in [2.05, 4.69) is 20.2 Å². The first-order chi connectivity index (χ1) is 9.65. The Kier molecular flexibility index (Phi) is 5.29. The molecule has 20 heavy (non-hydrogen) atoms. The van der Waals surface area contributed by atoms with Crippen molar-refractivity contribution in [2.45, 2.75) is 44.8 Å². The third-order valence-electron chi connectivity index (χ3n) is 3.48. The molecular weight excluding hydrogens is 256 g/mol. The lowest BCUT2D eigenvalue weighted by atomic mass is 10.0. The van der Waals surface area contributed by atoms with Crippen LogP contribution in [0.25, 0.3) is 0 Å². The lowest BCUT2D eigenvalue weighted by molar-refractivity contribution is -0.122. The lowest BCUT2D eigenvalue weighted by Crippen LogP contribution is -2.45. The van der Waals surface area contributed by atoms with E-state index in [0.29, 0.717) is 12.8 Å². The highest BCUT2D eigenvalue weighted by molar-refractivity contribution is 5.76. The molecule has 2 heterocycles. The highest BCUT2D eigenvalue weighted by Crippen LogP contribution is 2.15. The van der Waals surface area contributed by atoms with Crippen LogP contribution in [0.3, 0.4) is 0 Å². The molecule has 0 aliphatic carbocycles. The number of nitrogens with one attached hydrogen (secondary N) is 1. The van der Waals surface area contributed by atoms with Crippen LogP contribution < -0.4 is 10.2 Å². The molecule has 1 fully saturated rings. The second-order valence-corrected chi connectivity index (χ2v) is 5.27. The smallest absolute Gasteiger partial charge is 0.225 e. The van der Waals surface area contributed by atoms with Gasteiger partial charge in [0.15, 0.2) is 0 Å². The number of aliphatic hydroxyl groups excluding tert-OH is 1. The normalized spacial score (nSPS) is 17.8. The first-order valence-corrected chi connectivity index (χ1v) is 7.14. The van der Waals surface area contributed by atoms with Crippen LogP contribution in [0.1, 0.15) is 32.6 Å². The molecule has 6 heteroatoms. The Labute approximate surface area is 119 Å². The van der Waals surface area contributed by atoms with E-state index in [0.717, 1.165) is 31.9 Å². The Hall–Kier alpha value is -1.69. The predicted molar refractivity (Wildman–Crippen MR) is 76.3 cm³/mol. The van der Waals surface area contributed by atoms with Crippen LogP contribution in [0.5, 0.6) is 0 Å². The summed E-state index contributed by atoms with van der Waals surface area (Å²) in [5.41, 5.74) is 0. The first kappa shape index (κ1) is 14.7. The third kappa shape index (κ3) is 4.45. The molecule has 0 aromatic carbocycles. The molecule has 1 aliphatic heterocycles. The lowest BCUT2D eigenvalue weighted by Gasteiger charge is -2.32. The maximum atomic E-state index is 11.7. The number of hydrogen-bond acceptors (Lipinski definition) is 5. The van der Waals surface area contributed by atoms with Crippen molar-refractivity contribution in [3.8, 4) is 0 Å². The van der Waals surface area contributed by atoms with Crippen molar-refractivity contribution in [3.05, 3.63) is 18.5 Å². The Morgan fingerprint density at radius 1 is 1.45 bits per heavy atom. The van der Waals surface area contributed by atoms with Gasteiger partial charge in [0.1, 0.15) is 0 Å². The number of piperidine rings is 1. The van der Waals surface area contributed by atoms with Crippen molar-refractivity contribution in [2.75, 3.05) is 18.0 Å². The summed E-state index contributed by atoms with van der Waals surface area (Å²) < 4.78 is 0. The van der Waals surface area contributed by atoms with Gasteiger partial charge >= 0.3 is 0 Å². The molecule has 0 bridgehead atoms. The second kappa shape index (κ2) is 7.19. The fourth-order valence-corrected chi connectivity index (χ4v) is 2.32. The molecule has 0 saturated carbocycles. The van der Waals surface area contributed by atoms with Crippen molar-refractivity contribution in [1.29, 1.82) is 0 Å². The number of amides is 1. The standard InChI is InChI=1S/C14H22N4O2/c1-11(19)3-4-13(20)17-12-5-9-18(10-6-12)14-15-7-2-8-16-14/h2,7-8,11-12,19H,3-6,9-10H2,1H3,(H,17,20). The molecule has 1 aliphatic rings. The zero-order valence-electron chi connectivity index (χ0n) is 11.8. The van der Waals surface area contributed by atoms with Gasteiger partial charge < -0.3 is 15.3 Å². The number of rotatable bonds is 5. The molecule has 1 aromatic heterocycles. The van der Waals surface area contributed by atoms with Crippen molar-refractivity contribution < 1.29 is 9.90 Å². The van der Waals surface area contributed by atoms with Crippen LogP contribution in [0, 0.1) is 0 Å². The molecular formula is C14H22N4O2. The molecule has 0 radical (unpaired) electrons. The van der Waals surface area contributed by atoms with Gasteiger partial charge in [-0.1, -0.05) is 0 Å². The number of carbonyl (C=O) groups is 1. The van der Waals surface area contributed by atoms with E-state index in [-0.39, 0.29) is 11.9 Å². The topological polar surface area (TPSA) is 78.4 Å². The zero-order chi connectivity index (χ0) is 14.4. The fraction of sp³-hybridized carbons (Fsp3) is 0.643. The van der Waals surface area contributed by atoms with E-state index in [1.54, 1.807) is 25.4 Å². The van der Waals surface area contributed by atoms with E-state index in [9.17, 15) is 4.79 Å². The number of anilines is 1. The number of aliphatic hydroxyl groups is 1. The minimum absolute atomic E-state index is 0.0281. The van der Waals surface area contributed by atoms with Gasteiger partial charge in [-0.2, -0.15) is 0 Å². The first-order valence-electron chi connectivity index (χ1n) is 7.14. The summed E-state index contributed by atoms with van der Waals surface area (Å²) in [5, 5.41) is 12.2. The van der Waals surface area contributed by atoms with Gasteiger partial charge in [-0.3, -0.25) is 4.79 Å². The minimum Gasteiger partial charge on any atom is -0.393 e. The van der Waals surface area contributed by atoms with Crippen LogP contribution >= 0.6 is 0 Å². The van der Waals surface area contributed by atoms with Crippen LogP contribution in [0.2, 0.25) is 0 Å². The number of carbonyl (C=O) groups excluding carboxylic acids is 1. The third-order valence-corrected chi connectivity index (χ3v) is 3.48. The summed E-state index contributed by atoms with van der Waals surface area (Å²) in [5.74, 6) is 0.784. The van der Waals surface area contributed by atoms with Crippen molar-refractivity contribution in [2.24, 2.45) is 0 Å². The van der Waals surface area contributed by atoms with Crippen molar-refractivity contribution in [3.63, 3.8) is 0 Å². The molecule has 1 atom stereocenters. The monoisotopic (exact) mass is 278 g/mol. The largest absolute Gasteiger partial charge is 0.393 e. The maximum Gasteiger partial charge on any atom is 0.225 e. The molecule has 1 amide bonds. The van der Waals surface area contributed by atoms with Gasteiger partial charge in [-0.15, -0.1) is 0 Å². The molecule has 2 N–H and O–H groups in total. The van der Waals surface area contributed by atoms with Gasteiger partial charge in [0.2, 0.25) is 11.9 Å². The van der Waals surface area contributed by atoms with Gasteiger partial charge in [0.05, 0.1) is 6.10 Å². The quantitative estimate of drug-likeness (QED) is 0.830. The van der Waals surface area contributed by atoms with Crippen LogP contribution in [-0.4, -0.2) is 46.2 Å². The van der Waals surface area contributed by atoms with Crippen LogP contribution in [0.15, 0.2) is 18.5 Å². The zero-order valence-corrected chi connectivity index (χ0v) is 11.8. The van der Waals surface area contributed by atoms with Gasteiger partial charge in [0, 0.05) is 37.9 Å². The van der Waals surface area contributed by atoms with E-state index < -0.39 is 6.10 Å². The summed E-state index contributed by atoms with van der Waals surface area (Å²) in [6, 6.07) is 2.02. The van der Waals surface area contributed by atoms with Gasteiger partial charge in [-0.25, -0.2) is 9.97 Å². The van der Waals surface area contributed by atoms with Crippen LogP contribution in [0.4, 0.5) is 5.95 Å². The number of aromatic nitrogens is 2. The maximum absolute atomic E-state index is 11.7. The van der Waals surface area contributed by atoms with Crippen LogP contribution in [-0.2, 0) is 4.79 Å². The average Bonchev–Trinajstić information content (AvgIpc) is 2.47. The summed E-state index contributed by atoms with van der Waals surface area (Å²) in [7, 11) is 0. The highest BCUT2D eigenvalue weighted by Gasteiger charge is 2.21. The molecule has 1 aromatic rings. The molecule has 1 saturated heterocycles. The Morgan fingerprint density at radius 3 is 2.70 bits per heavy atom. The Bertz CT molecular complexity index is 416. The average molecular weight is 278 g/mol. The molecule has 2 rings (SSSR count). The van der Waals surface area contributed by atoms with Gasteiger partial charge in [-0.05, 0) is 32.3 Å². The molecule has 110 valence electrons. The Balaban J connectivity index is 1.73. The predicted octanol–water partition coefficient (Wildman–Crippen LogP) is 0.723. The van der Waals surface area contributed by atoms with E-state index >= 15 is 0 Å². The van der Waals surface area contributed by atoms with Crippen molar-refractivity contribution in [1.82, 2.24) is 15.3 Å². The summed E-state index contributed by atoms with van der Waals surface area (Å²) >= 11 is 0. The number of hydrogen-bond donors (Lipinski definition) is 2. The minimum atomic E-state index is -0.419. The molecule has 0 spiro atoms. The SMILES string of the molecule is CC(O)CCC(=O)NC1CCN(c2ncccn2)CC1. The fourth-order valence-electron chi connectivity index (χ4n) is 2.32. The van der Waals surface area contributed by atoms with E-state index in [4.69, 9.17) is 5.11 Å². The highest BCUT2D eigenvalue weighted by atomic mass is 16.3. The Morgan fingerprint density at radius 2 is 2.10 bits per heavy atom. The van der Waals surface area contributed by atoms with E-state index in [1.165, 1.54) is 0 Å². The molecule has 6 nitrogen and oxygen atoms in total. The summed E-state index contributed by atoms with van der Waals surface area (Å²) in [4.78, 5) is 22.3. The second-order valence-electron chi connectivity index (χ2n) is 5.27. The van der Waals surface area contributed by atoms with Gasteiger partial charge in [0.25, 0.3) is 0 Å².